The number of rotatable bonds is 8. The van der Waals surface area contributed by atoms with E-state index in [-0.39, 0.29) is 18.0 Å². The molecular weight excluding hydrogens is 432 g/mol. The standard InChI is InChI=1S/C27H24N2O5/c1-3-34-19-13-14-23-20(15-19)27(32)21(26(31)18-9-5-4-6-10-18)16-29(23)17-25(30)28-22-11-7-8-12-24(22)33-2/h4-16H,3,17H2,1-2H3,(H,28,30). The van der Waals surface area contributed by atoms with Gasteiger partial charge in [0, 0.05) is 11.8 Å². The third kappa shape index (κ3) is 4.68. The fourth-order valence-electron chi connectivity index (χ4n) is 3.76. The summed E-state index contributed by atoms with van der Waals surface area (Å²) in [4.78, 5) is 39.4. The number of para-hydroxylation sites is 2. The van der Waals surface area contributed by atoms with Gasteiger partial charge < -0.3 is 19.4 Å². The summed E-state index contributed by atoms with van der Waals surface area (Å²) in [6, 6.07) is 20.7. The van der Waals surface area contributed by atoms with Crippen molar-refractivity contribution >= 4 is 28.3 Å². The summed E-state index contributed by atoms with van der Waals surface area (Å²) in [5.74, 6) is 0.304. The minimum Gasteiger partial charge on any atom is -0.495 e. The molecule has 0 aliphatic rings. The molecule has 0 aliphatic heterocycles. The first-order chi connectivity index (χ1) is 16.5. The van der Waals surface area contributed by atoms with Crippen molar-refractivity contribution in [3.05, 3.63) is 100 Å². The van der Waals surface area contributed by atoms with Gasteiger partial charge in [-0.15, -0.1) is 0 Å². The number of ether oxygens (including phenoxy) is 2. The molecule has 0 spiro atoms. The van der Waals surface area contributed by atoms with Crippen molar-refractivity contribution in [2.24, 2.45) is 0 Å². The Morgan fingerprint density at radius 1 is 0.971 bits per heavy atom. The lowest BCUT2D eigenvalue weighted by Gasteiger charge is -2.15. The molecule has 0 atom stereocenters. The van der Waals surface area contributed by atoms with Crippen LogP contribution in [0, 0.1) is 0 Å². The number of nitrogens with zero attached hydrogens (tertiary/aromatic N) is 1. The lowest BCUT2D eigenvalue weighted by Crippen LogP contribution is -2.24. The first-order valence-electron chi connectivity index (χ1n) is 10.8. The van der Waals surface area contributed by atoms with Gasteiger partial charge in [0.2, 0.25) is 11.3 Å². The van der Waals surface area contributed by atoms with Gasteiger partial charge in [0.25, 0.3) is 0 Å². The maximum Gasteiger partial charge on any atom is 0.244 e. The van der Waals surface area contributed by atoms with Crippen molar-refractivity contribution in [3.8, 4) is 11.5 Å². The van der Waals surface area contributed by atoms with Crippen LogP contribution in [0.1, 0.15) is 22.8 Å². The molecule has 0 unspecified atom stereocenters. The number of ketones is 1. The molecule has 0 radical (unpaired) electrons. The number of hydrogen-bond acceptors (Lipinski definition) is 5. The van der Waals surface area contributed by atoms with Crippen LogP contribution in [0.3, 0.4) is 0 Å². The summed E-state index contributed by atoms with van der Waals surface area (Å²) < 4.78 is 12.5. The summed E-state index contributed by atoms with van der Waals surface area (Å²) >= 11 is 0. The van der Waals surface area contributed by atoms with Gasteiger partial charge in [-0.25, -0.2) is 0 Å². The smallest absolute Gasteiger partial charge is 0.244 e. The second-order valence-corrected chi connectivity index (χ2v) is 7.56. The Bertz CT molecular complexity index is 1410. The van der Waals surface area contributed by atoms with Gasteiger partial charge in [-0.05, 0) is 37.3 Å². The van der Waals surface area contributed by atoms with E-state index in [9.17, 15) is 14.4 Å². The molecule has 0 saturated heterocycles. The summed E-state index contributed by atoms with van der Waals surface area (Å²) in [7, 11) is 1.53. The zero-order valence-corrected chi connectivity index (χ0v) is 18.9. The highest BCUT2D eigenvalue weighted by Gasteiger charge is 2.19. The maximum absolute atomic E-state index is 13.3. The molecule has 1 N–H and O–H groups in total. The van der Waals surface area contributed by atoms with E-state index < -0.39 is 11.2 Å². The second-order valence-electron chi connectivity index (χ2n) is 7.56. The molecule has 3 aromatic carbocycles. The quantitative estimate of drug-likeness (QED) is 0.400. The summed E-state index contributed by atoms with van der Waals surface area (Å²) in [5.41, 5.74) is 1.02. The Kier molecular flexibility index (Phi) is 6.73. The number of methoxy groups -OCH3 is 1. The van der Waals surface area contributed by atoms with Crippen molar-refractivity contribution in [1.29, 1.82) is 0 Å². The third-order valence-corrected chi connectivity index (χ3v) is 5.34. The Balaban J connectivity index is 1.78. The van der Waals surface area contributed by atoms with Crippen LogP contribution in [0.25, 0.3) is 10.9 Å². The van der Waals surface area contributed by atoms with Crippen LogP contribution in [0.15, 0.2) is 83.8 Å². The maximum atomic E-state index is 13.3. The molecule has 0 saturated carbocycles. The zero-order valence-electron chi connectivity index (χ0n) is 18.9. The SMILES string of the molecule is CCOc1ccc2c(c1)c(=O)c(C(=O)c1ccccc1)cn2CC(=O)Nc1ccccc1OC. The number of hydrogen-bond donors (Lipinski definition) is 1. The molecular formula is C27H24N2O5. The lowest BCUT2D eigenvalue weighted by molar-refractivity contribution is -0.116. The molecule has 4 rings (SSSR count). The first-order valence-corrected chi connectivity index (χ1v) is 10.8. The van der Waals surface area contributed by atoms with Crippen LogP contribution < -0.4 is 20.2 Å². The number of aromatic nitrogens is 1. The average molecular weight is 456 g/mol. The molecule has 0 bridgehead atoms. The molecule has 7 nitrogen and oxygen atoms in total. The van der Waals surface area contributed by atoms with E-state index in [1.54, 1.807) is 77.4 Å². The van der Waals surface area contributed by atoms with Crippen molar-refractivity contribution in [2.45, 2.75) is 13.5 Å². The Hall–Kier alpha value is -4.39. The molecule has 1 aromatic heterocycles. The van der Waals surface area contributed by atoms with Crippen LogP contribution in [-0.4, -0.2) is 30.0 Å². The predicted molar refractivity (Wildman–Crippen MR) is 131 cm³/mol. The first kappa shape index (κ1) is 22.8. The highest BCUT2D eigenvalue weighted by Crippen LogP contribution is 2.24. The summed E-state index contributed by atoms with van der Waals surface area (Å²) in [6.07, 6.45) is 1.45. The number of anilines is 1. The molecule has 7 heteroatoms. The number of benzene rings is 3. The van der Waals surface area contributed by atoms with Gasteiger partial charge in [-0.1, -0.05) is 42.5 Å². The van der Waals surface area contributed by atoms with E-state index in [1.165, 1.54) is 13.3 Å². The largest absolute Gasteiger partial charge is 0.495 e. The molecule has 172 valence electrons. The van der Waals surface area contributed by atoms with E-state index in [2.05, 4.69) is 5.32 Å². The topological polar surface area (TPSA) is 86.6 Å². The van der Waals surface area contributed by atoms with Crippen molar-refractivity contribution in [1.82, 2.24) is 4.57 Å². The van der Waals surface area contributed by atoms with Crippen LogP contribution in [0.2, 0.25) is 0 Å². The fourth-order valence-corrected chi connectivity index (χ4v) is 3.76. The van der Waals surface area contributed by atoms with E-state index >= 15 is 0 Å². The molecule has 1 heterocycles. The summed E-state index contributed by atoms with van der Waals surface area (Å²) in [5, 5.41) is 3.13. The van der Waals surface area contributed by atoms with E-state index in [1.807, 2.05) is 6.92 Å². The molecule has 34 heavy (non-hydrogen) atoms. The number of amides is 1. The molecule has 4 aromatic rings. The van der Waals surface area contributed by atoms with Crippen LogP contribution >= 0.6 is 0 Å². The Morgan fingerprint density at radius 3 is 2.44 bits per heavy atom. The molecule has 0 fully saturated rings. The third-order valence-electron chi connectivity index (χ3n) is 5.34. The molecule has 0 aliphatic carbocycles. The van der Waals surface area contributed by atoms with Gasteiger partial charge in [0.15, 0.2) is 5.78 Å². The zero-order chi connectivity index (χ0) is 24.1. The lowest BCUT2D eigenvalue weighted by atomic mass is 10.0. The predicted octanol–water partition coefficient (Wildman–Crippen LogP) is 4.28. The van der Waals surface area contributed by atoms with Gasteiger partial charge >= 0.3 is 0 Å². The Morgan fingerprint density at radius 2 is 1.71 bits per heavy atom. The number of carbonyl (C=O) groups is 2. The normalized spacial score (nSPS) is 10.6. The molecule has 1 amide bonds. The van der Waals surface area contributed by atoms with Crippen molar-refractivity contribution in [2.75, 3.05) is 19.0 Å². The highest BCUT2D eigenvalue weighted by atomic mass is 16.5. The van der Waals surface area contributed by atoms with Gasteiger partial charge in [-0.3, -0.25) is 14.4 Å². The number of pyridine rings is 1. The van der Waals surface area contributed by atoms with Gasteiger partial charge in [-0.2, -0.15) is 0 Å². The summed E-state index contributed by atoms with van der Waals surface area (Å²) in [6.45, 7) is 2.17. The second kappa shape index (κ2) is 10.0. The van der Waals surface area contributed by atoms with E-state index in [4.69, 9.17) is 9.47 Å². The average Bonchev–Trinajstić information content (AvgIpc) is 2.86. The van der Waals surface area contributed by atoms with Crippen molar-refractivity contribution in [3.63, 3.8) is 0 Å². The van der Waals surface area contributed by atoms with E-state index in [0.717, 1.165) is 0 Å². The number of fused-ring (bicyclic) bond motifs is 1. The fraction of sp³-hybridized carbons (Fsp3) is 0.148. The number of nitrogens with one attached hydrogen (secondary N) is 1. The van der Waals surface area contributed by atoms with Crippen LogP contribution in [-0.2, 0) is 11.3 Å². The van der Waals surface area contributed by atoms with Gasteiger partial charge in [0.05, 0.1) is 35.9 Å². The van der Waals surface area contributed by atoms with Crippen LogP contribution in [0.5, 0.6) is 11.5 Å². The minimum atomic E-state index is -0.410. The number of carbonyl (C=O) groups excluding carboxylic acids is 2. The highest BCUT2D eigenvalue weighted by molar-refractivity contribution is 6.10. The van der Waals surface area contributed by atoms with Crippen LogP contribution in [0.4, 0.5) is 5.69 Å². The van der Waals surface area contributed by atoms with E-state index in [0.29, 0.717) is 40.3 Å². The Labute approximate surface area is 196 Å². The van der Waals surface area contributed by atoms with Crippen molar-refractivity contribution < 1.29 is 19.1 Å². The minimum absolute atomic E-state index is 0.0163. The van der Waals surface area contributed by atoms with Gasteiger partial charge in [0.1, 0.15) is 18.0 Å². The monoisotopic (exact) mass is 456 g/mol.